The van der Waals surface area contributed by atoms with Crippen molar-refractivity contribution in [3.8, 4) is 0 Å². The summed E-state index contributed by atoms with van der Waals surface area (Å²) in [5.41, 5.74) is 0. The predicted octanol–water partition coefficient (Wildman–Crippen LogP) is 3.62. The normalized spacial score (nSPS) is 27.5. The van der Waals surface area contributed by atoms with E-state index in [9.17, 15) is 0 Å². The molecule has 3 unspecified atom stereocenters. The number of hydrogen-bond acceptors (Lipinski definition) is 3. The Balaban J connectivity index is 2.56. The van der Waals surface area contributed by atoms with E-state index in [1.54, 1.807) is 0 Å². The molecule has 5 heteroatoms. The zero-order valence-corrected chi connectivity index (χ0v) is 13.1. The molecule has 0 spiro atoms. The summed E-state index contributed by atoms with van der Waals surface area (Å²) in [4.78, 5) is 0. The molecule has 0 amide bonds. The molecule has 18 heavy (non-hydrogen) atoms. The van der Waals surface area contributed by atoms with Gasteiger partial charge in [0.05, 0.1) is 6.10 Å². The minimum Gasteiger partial charge on any atom is -0.378 e. The van der Waals surface area contributed by atoms with Crippen LogP contribution in [0.15, 0.2) is 0 Å². The van der Waals surface area contributed by atoms with Crippen molar-refractivity contribution in [3.05, 3.63) is 0 Å². The van der Waals surface area contributed by atoms with E-state index in [2.05, 4.69) is 0 Å². The van der Waals surface area contributed by atoms with Crippen LogP contribution < -0.4 is 0 Å². The van der Waals surface area contributed by atoms with E-state index in [-0.39, 0.29) is 24.2 Å². The molecule has 0 aliphatic heterocycles. The largest absolute Gasteiger partial charge is 0.378 e. The van der Waals surface area contributed by atoms with E-state index in [4.69, 9.17) is 37.4 Å². The van der Waals surface area contributed by atoms with E-state index in [1.165, 1.54) is 0 Å². The zero-order chi connectivity index (χ0) is 13.8. The van der Waals surface area contributed by atoms with E-state index in [1.807, 2.05) is 27.7 Å². The van der Waals surface area contributed by atoms with Gasteiger partial charge in [-0.2, -0.15) is 0 Å². The molecule has 0 bridgehead atoms. The monoisotopic (exact) mass is 298 g/mol. The number of alkyl halides is 2. The standard InChI is InChI=1S/C13H24Cl2O3/c1-5-16-10(12-9(4)13(12,14)15)8-11(17-6-2)18-7-3/h9-12H,5-8H2,1-4H3. The number of hydrogen-bond donors (Lipinski definition) is 0. The Kier molecular flexibility index (Phi) is 6.70. The van der Waals surface area contributed by atoms with Gasteiger partial charge in [0.15, 0.2) is 6.29 Å². The van der Waals surface area contributed by atoms with Crippen LogP contribution in [0.4, 0.5) is 0 Å². The molecule has 1 rings (SSSR count). The molecule has 1 fully saturated rings. The van der Waals surface area contributed by atoms with Crippen molar-refractivity contribution in [1.82, 2.24) is 0 Å². The van der Waals surface area contributed by atoms with Crippen LogP contribution in [0, 0.1) is 11.8 Å². The number of ether oxygens (including phenoxy) is 3. The Morgan fingerprint density at radius 2 is 1.44 bits per heavy atom. The Morgan fingerprint density at radius 1 is 1.00 bits per heavy atom. The summed E-state index contributed by atoms with van der Waals surface area (Å²) < 4.78 is 16.2. The fraction of sp³-hybridized carbons (Fsp3) is 1.00. The van der Waals surface area contributed by atoms with Gasteiger partial charge in [-0.15, -0.1) is 23.2 Å². The first-order valence-corrected chi connectivity index (χ1v) is 7.47. The van der Waals surface area contributed by atoms with Crippen LogP contribution in [0.3, 0.4) is 0 Å². The maximum Gasteiger partial charge on any atom is 0.160 e. The van der Waals surface area contributed by atoms with Crippen molar-refractivity contribution in [1.29, 1.82) is 0 Å². The van der Waals surface area contributed by atoms with E-state index >= 15 is 0 Å². The average Bonchev–Trinajstić information content (AvgIpc) is 2.78. The van der Waals surface area contributed by atoms with Gasteiger partial charge in [0.2, 0.25) is 0 Å². The third kappa shape index (κ3) is 3.97. The van der Waals surface area contributed by atoms with Crippen molar-refractivity contribution >= 4 is 23.2 Å². The van der Waals surface area contributed by atoms with Crippen LogP contribution in [-0.4, -0.2) is 36.5 Å². The SMILES string of the molecule is CCOC(CC(OCC)C1C(C)C1(Cl)Cl)OCC. The van der Waals surface area contributed by atoms with Gasteiger partial charge in [0, 0.05) is 32.2 Å². The number of rotatable bonds is 9. The Morgan fingerprint density at radius 3 is 1.78 bits per heavy atom. The molecule has 1 aliphatic rings. The van der Waals surface area contributed by atoms with Crippen LogP contribution in [0.25, 0.3) is 0 Å². The molecule has 0 aromatic rings. The maximum absolute atomic E-state index is 6.23. The second kappa shape index (κ2) is 7.30. The summed E-state index contributed by atoms with van der Waals surface area (Å²) in [6.45, 7) is 9.81. The zero-order valence-electron chi connectivity index (χ0n) is 11.6. The lowest BCUT2D eigenvalue weighted by Gasteiger charge is -2.24. The van der Waals surface area contributed by atoms with Crippen LogP contribution in [0.5, 0.6) is 0 Å². The van der Waals surface area contributed by atoms with Crippen molar-refractivity contribution < 1.29 is 14.2 Å². The highest BCUT2D eigenvalue weighted by Crippen LogP contribution is 2.61. The van der Waals surface area contributed by atoms with E-state index in [0.29, 0.717) is 26.2 Å². The average molecular weight is 299 g/mol. The lowest BCUT2D eigenvalue weighted by molar-refractivity contribution is -0.159. The van der Waals surface area contributed by atoms with Crippen molar-refractivity contribution in [2.75, 3.05) is 19.8 Å². The van der Waals surface area contributed by atoms with Crippen molar-refractivity contribution in [3.63, 3.8) is 0 Å². The molecule has 1 saturated carbocycles. The van der Waals surface area contributed by atoms with Crippen LogP contribution >= 0.6 is 23.2 Å². The fourth-order valence-electron chi connectivity index (χ4n) is 2.36. The fourth-order valence-corrected chi connectivity index (χ4v) is 3.16. The Labute approximate surface area is 120 Å². The van der Waals surface area contributed by atoms with Gasteiger partial charge in [-0.25, -0.2) is 0 Å². The van der Waals surface area contributed by atoms with Crippen LogP contribution in [0.1, 0.15) is 34.1 Å². The van der Waals surface area contributed by atoms with E-state index < -0.39 is 4.33 Å². The molecule has 3 atom stereocenters. The Hall–Kier alpha value is 0.460. The highest BCUT2D eigenvalue weighted by molar-refractivity contribution is 6.51. The lowest BCUT2D eigenvalue weighted by Crippen LogP contribution is -2.29. The van der Waals surface area contributed by atoms with Crippen molar-refractivity contribution in [2.45, 2.75) is 50.8 Å². The topological polar surface area (TPSA) is 27.7 Å². The molecular weight excluding hydrogens is 275 g/mol. The minimum absolute atomic E-state index is 0.0110. The first-order valence-electron chi connectivity index (χ1n) is 6.71. The highest BCUT2D eigenvalue weighted by Gasteiger charge is 2.63. The van der Waals surface area contributed by atoms with Crippen LogP contribution in [0.2, 0.25) is 0 Å². The Bertz CT molecular complexity index is 242. The highest BCUT2D eigenvalue weighted by atomic mass is 35.5. The summed E-state index contributed by atoms with van der Waals surface area (Å²) in [7, 11) is 0. The molecule has 0 radical (unpaired) electrons. The van der Waals surface area contributed by atoms with Gasteiger partial charge in [-0.1, -0.05) is 6.92 Å². The van der Waals surface area contributed by atoms with E-state index in [0.717, 1.165) is 0 Å². The van der Waals surface area contributed by atoms with Gasteiger partial charge in [-0.3, -0.25) is 0 Å². The summed E-state index contributed by atoms with van der Waals surface area (Å²) in [5, 5.41) is 0. The molecule has 0 aromatic heterocycles. The third-order valence-electron chi connectivity index (χ3n) is 3.39. The molecule has 1 aliphatic carbocycles. The summed E-state index contributed by atoms with van der Waals surface area (Å²) in [5.74, 6) is 0.408. The van der Waals surface area contributed by atoms with Gasteiger partial charge >= 0.3 is 0 Å². The second-order valence-corrected chi connectivity index (χ2v) is 6.00. The number of halogens is 2. The minimum atomic E-state index is -0.664. The molecule has 0 heterocycles. The first-order chi connectivity index (χ1) is 8.48. The first kappa shape index (κ1) is 16.5. The molecule has 0 saturated heterocycles. The molecule has 0 N–H and O–H groups in total. The summed E-state index contributed by atoms with van der Waals surface area (Å²) in [6, 6.07) is 0. The summed E-state index contributed by atoms with van der Waals surface area (Å²) in [6.07, 6.45) is 0.419. The molecule has 108 valence electrons. The van der Waals surface area contributed by atoms with Gasteiger partial charge in [0.1, 0.15) is 4.33 Å². The predicted molar refractivity (Wildman–Crippen MR) is 74.2 cm³/mol. The second-order valence-electron chi connectivity index (χ2n) is 4.56. The third-order valence-corrected chi connectivity index (χ3v) is 4.58. The summed E-state index contributed by atoms with van der Waals surface area (Å²) >= 11 is 12.5. The lowest BCUT2D eigenvalue weighted by atomic mass is 10.1. The van der Waals surface area contributed by atoms with Crippen LogP contribution in [-0.2, 0) is 14.2 Å². The van der Waals surface area contributed by atoms with Gasteiger partial charge in [0.25, 0.3) is 0 Å². The van der Waals surface area contributed by atoms with Gasteiger partial charge < -0.3 is 14.2 Å². The van der Waals surface area contributed by atoms with Gasteiger partial charge in [-0.05, 0) is 26.7 Å². The molecule has 3 nitrogen and oxygen atoms in total. The maximum atomic E-state index is 6.23. The smallest absolute Gasteiger partial charge is 0.160 e. The molecule has 0 aromatic carbocycles. The molecular formula is C13H24Cl2O3. The quantitative estimate of drug-likeness (QED) is 0.481. The van der Waals surface area contributed by atoms with Crippen molar-refractivity contribution in [2.24, 2.45) is 11.8 Å².